The molecule has 3 aromatic rings. The fraction of sp³-hybridized carbons (Fsp3) is 0.433. The van der Waals surface area contributed by atoms with Crippen molar-refractivity contribution in [2.75, 3.05) is 19.6 Å². The topological polar surface area (TPSA) is 58.1 Å². The minimum Gasteiger partial charge on any atom is -0.350 e. The molecule has 0 saturated carbocycles. The van der Waals surface area contributed by atoms with Crippen LogP contribution in [0, 0.1) is 12.8 Å². The second-order valence-corrected chi connectivity index (χ2v) is 12.1. The van der Waals surface area contributed by atoms with Crippen LogP contribution in [0.1, 0.15) is 67.0 Å². The van der Waals surface area contributed by atoms with Crippen LogP contribution in [-0.4, -0.2) is 46.5 Å². The number of halogens is 1. The highest BCUT2D eigenvalue weighted by Crippen LogP contribution is 2.42. The Bertz CT molecular complexity index is 1250. The van der Waals surface area contributed by atoms with Gasteiger partial charge in [-0.15, -0.1) is 0 Å². The molecule has 3 fully saturated rings. The third-order valence-electron chi connectivity index (χ3n) is 7.78. The van der Waals surface area contributed by atoms with Gasteiger partial charge in [-0.1, -0.05) is 67.0 Å². The van der Waals surface area contributed by atoms with E-state index in [1.54, 1.807) is 0 Å². The number of aromatic nitrogens is 2. The molecule has 1 amide bonds. The highest BCUT2D eigenvalue weighted by atomic mass is 79.9. The Morgan fingerprint density at radius 2 is 1.86 bits per heavy atom. The zero-order valence-electron chi connectivity index (χ0n) is 21.6. The maximum absolute atomic E-state index is 12.8. The van der Waals surface area contributed by atoms with Crippen LogP contribution < -0.4 is 5.32 Å². The third kappa shape index (κ3) is 5.25. The van der Waals surface area contributed by atoms with E-state index < -0.39 is 0 Å². The van der Waals surface area contributed by atoms with E-state index in [0.29, 0.717) is 24.4 Å². The first-order valence-electron chi connectivity index (χ1n) is 12.9. The number of hydrogen-bond donors (Lipinski definition) is 1. The van der Waals surface area contributed by atoms with Crippen LogP contribution in [0.15, 0.2) is 59.1 Å². The second kappa shape index (κ2) is 10.1. The summed E-state index contributed by atoms with van der Waals surface area (Å²) >= 11 is 3.67. The molecule has 1 aromatic heterocycles. The molecule has 3 aliphatic heterocycles. The Balaban J connectivity index is 1.25. The first-order valence-corrected chi connectivity index (χ1v) is 13.7. The number of aryl methyl sites for hydroxylation is 1. The smallest absolute Gasteiger partial charge is 0.251 e. The van der Waals surface area contributed by atoms with Crippen molar-refractivity contribution in [1.82, 2.24) is 20.2 Å². The van der Waals surface area contributed by atoms with E-state index in [4.69, 9.17) is 9.97 Å². The maximum atomic E-state index is 12.8. The number of carbonyl (C=O) groups is 1. The van der Waals surface area contributed by atoms with Crippen LogP contribution in [0.25, 0.3) is 11.3 Å². The molecule has 4 atom stereocenters. The number of amides is 1. The molecule has 0 radical (unpaired) electrons. The van der Waals surface area contributed by atoms with Gasteiger partial charge in [0.2, 0.25) is 0 Å². The quantitative estimate of drug-likeness (QED) is 0.418. The Morgan fingerprint density at radius 1 is 1.11 bits per heavy atom. The summed E-state index contributed by atoms with van der Waals surface area (Å²) in [6.45, 7) is 11.3. The molecule has 188 valence electrons. The van der Waals surface area contributed by atoms with Crippen molar-refractivity contribution in [1.29, 1.82) is 0 Å². The van der Waals surface area contributed by atoms with Crippen LogP contribution in [0.4, 0.5) is 0 Å². The van der Waals surface area contributed by atoms with Crippen molar-refractivity contribution in [3.05, 3.63) is 81.7 Å². The number of nitrogens with one attached hydrogen (secondary N) is 1. The van der Waals surface area contributed by atoms with Crippen molar-refractivity contribution in [2.24, 2.45) is 5.92 Å². The fourth-order valence-electron chi connectivity index (χ4n) is 5.71. The van der Waals surface area contributed by atoms with E-state index in [1.807, 2.05) is 31.2 Å². The predicted molar refractivity (Wildman–Crippen MR) is 148 cm³/mol. The molecule has 2 bridgehead atoms. The number of nitrogens with zero attached hydrogens (tertiary/aromatic N) is 3. The van der Waals surface area contributed by atoms with E-state index in [9.17, 15) is 4.79 Å². The average molecular weight is 548 g/mol. The van der Waals surface area contributed by atoms with Crippen LogP contribution in [0.5, 0.6) is 0 Å². The molecule has 4 heterocycles. The number of piperidine rings is 3. The third-order valence-corrected chi connectivity index (χ3v) is 8.47. The lowest BCUT2D eigenvalue weighted by Crippen LogP contribution is -2.56. The first kappa shape index (κ1) is 25.1. The molecule has 1 N–H and O–H groups in total. The largest absolute Gasteiger partial charge is 0.350 e. The first-order chi connectivity index (χ1) is 17.2. The lowest BCUT2D eigenvalue weighted by Gasteiger charge is -2.49. The van der Waals surface area contributed by atoms with E-state index in [2.05, 4.69) is 77.2 Å². The van der Waals surface area contributed by atoms with Crippen molar-refractivity contribution in [2.45, 2.75) is 57.9 Å². The molecule has 36 heavy (non-hydrogen) atoms. The highest BCUT2D eigenvalue weighted by Gasteiger charge is 2.41. The van der Waals surface area contributed by atoms with Crippen molar-refractivity contribution < 1.29 is 4.79 Å². The average Bonchev–Trinajstić information content (AvgIpc) is 2.87. The summed E-state index contributed by atoms with van der Waals surface area (Å²) in [6.07, 6.45) is 2.26. The van der Waals surface area contributed by atoms with Gasteiger partial charge < -0.3 is 5.32 Å². The van der Waals surface area contributed by atoms with E-state index >= 15 is 0 Å². The summed E-state index contributed by atoms with van der Waals surface area (Å²) < 4.78 is 1.05. The standard InChI is InChI=1S/C30H35BrN4O/c1-19-33-27(24-7-5-6-8-26(24)31)16-28(34-19)25-18-35-14-13-21(25)15-23(35)17-32-29(36)20-9-11-22(12-10-20)30(2,3)4/h5-12,16,21,23,25H,13-15,17-18H2,1-4H3,(H,32,36). The molecule has 0 aliphatic carbocycles. The minimum atomic E-state index is 0.0131. The maximum Gasteiger partial charge on any atom is 0.251 e. The SMILES string of the molecule is Cc1nc(-c2ccccc2Br)cc(C2CN3CCC2CC3CNC(=O)c2ccc(C(C)(C)C)cc2)n1. The second-order valence-electron chi connectivity index (χ2n) is 11.3. The van der Waals surface area contributed by atoms with E-state index in [1.165, 1.54) is 12.0 Å². The Labute approximate surface area is 222 Å². The zero-order chi connectivity index (χ0) is 25.4. The fourth-order valence-corrected chi connectivity index (χ4v) is 6.20. The van der Waals surface area contributed by atoms with Crippen LogP contribution in [-0.2, 0) is 5.41 Å². The van der Waals surface area contributed by atoms with Crippen molar-refractivity contribution in [3.8, 4) is 11.3 Å². The lowest BCUT2D eigenvalue weighted by atomic mass is 9.74. The van der Waals surface area contributed by atoms with Gasteiger partial charge in [-0.05, 0) is 67.5 Å². The Hall–Kier alpha value is -2.57. The summed E-state index contributed by atoms with van der Waals surface area (Å²) in [6, 6.07) is 18.8. The summed E-state index contributed by atoms with van der Waals surface area (Å²) in [7, 11) is 0. The lowest BCUT2D eigenvalue weighted by molar-refractivity contribution is 0.0290. The number of hydrogen-bond acceptors (Lipinski definition) is 4. The number of carbonyl (C=O) groups excluding carboxylic acids is 1. The molecule has 5 nitrogen and oxygen atoms in total. The van der Waals surface area contributed by atoms with Gasteiger partial charge in [0.1, 0.15) is 5.82 Å². The van der Waals surface area contributed by atoms with Gasteiger partial charge in [-0.2, -0.15) is 0 Å². The van der Waals surface area contributed by atoms with E-state index in [-0.39, 0.29) is 11.3 Å². The zero-order valence-corrected chi connectivity index (χ0v) is 23.2. The molecule has 6 rings (SSSR count). The van der Waals surface area contributed by atoms with Crippen LogP contribution >= 0.6 is 15.9 Å². The molecule has 3 saturated heterocycles. The van der Waals surface area contributed by atoms with Crippen molar-refractivity contribution >= 4 is 21.8 Å². The van der Waals surface area contributed by atoms with Gasteiger partial charge in [-0.25, -0.2) is 9.97 Å². The van der Waals surface area contributed by atoms with Gasteiger partial charge in [0.05, 0.1) is 5.69 Å². The molecular formula is C30H35BrN4O. The van der Waals surface area contributed by atoms with Gasteiger partial charge in [0, 0.05) is 46.3 Å². The minimum absolute atomic E-state index is 0.0131. The molecule has 3 aliphatic rings. The monoisotopic (exact) mass is 546 g/mol. The summed E-state index contributed by atoms with van der Waals surface area (Å²) in [5, 5.41) is 3.20. The van der Waals surface area contributed by atoms with Gasteiger partial charge in [0.15, 0.2) is 0 Å². The number of benzene rings is 2. The Morgan fingerprint density at radius 3 is 2.53 bits per heavy atom. The van der Waals surface area contributed by atoms with Gasteiger partial charge in [0.25, 0.3) is 5.91 Å². The van der Waals surface area contributed by atoms with Crippen LogP contribution in [0.2, 0.25) is 0 Å². The van der Waals surface area contributed by atoms with Gasteiger partial charge in [-0.3, -0.25) is 9.69 Å². The predicted octanol–water partition coefficient (Wildman–Crippen LogP) is 6.12. The molecule has 2 aromatic carbocycles. The highest BCUT2D eigenvalue weighted by molar-refractivity contribution is 9.10. The molecule has 0 spiro atoms. The van der Waals surface area contributed by atoms with Crippen LogP contribution in [0.3, 0.4) is 0 Å². The molecular weight excluding hydrogens is 512 g/mol. The van der Waals surface area contributed by atoms with Gasteiger partial charge >= 0.3 is 0 Å². The number of fused-ring (bicyclic) bond motifs is 3. The number of rotatable bonds is 5. The summed E-state index contributed by atoms with van der Waals surface area (Å²) in [4.78, 5) is 25.0. The normalized spacial score (nSPS) is 23.5. The van der Waals surface area contributed by atoms with E-state index in [0.717, 1.165) is 52.3 Å². The summed E-state index contributed by atoms with van der Waals surface area (Å²) in [5.74, 6) is 1.80. The molecule has 6 heteroatoms. The molecule has 4 unspecified atom stereocenters. The Kier molecular flexibility index (Phi) is 7.01. The van der Waals surface area contributed by atoms with Crippen molar-refractivity contribution in [3.63, 3.8) is 0 Å². The summed E-state index contributed by atoms with van der Waals surface area (Å²) in [5.41, 5.74) is 5.27.